The molecule has 0 spiro atoms. The van der Waals surface area contributed by atoms with Gasteiger partial charge in [0.25, 0.3) is 0 Å². The summed E-state index contributed by atoms with van der Waals surface area (Å²) in [7, 11) is 0. The molecule has 1 aliphatic rings. The Morgan fingerprint density at radius 2 is 1.55 bits per heavy atom. The van der Waals surface area contributed by atoms with Crippen LogP contribution in [0.1, 0.15) is 40.0 Å². The number of nitrogens with zero attached hydrogens (tertiary/aromatic N) is 2. The molecule has 6 heteroatoms. The summed E-state index contributed by atoms with van der Waals surface area (Å²) in [6, 6.07) is 0. The summed E-state index contributed by atoms with van der Waals surface area (Å²) in [6.07, 6.45) is 2.39. The van der Waals surface area contributed by atoms with Crippen LogP contribution >= 0.6 is 12.4 Å². The third-order valence-corrected chi connectivity index (χ3v) is 4.43. The molecule has 1 heterocycles. The third kappa shape index (κ3) is 4.09. The molecule has 0 bridgehead atoms. The Morgan fingerprint density at radius 3 is 2.00 bits per heavy atom. The van der Waals surface area contributed by atoms with Crippen molar-refractivity contribution in [3.63, 3.8) is 0 Å². The minimum absolute atomic E-state index is 0. The summed E-state index contributed by atoms with van der Waals surface area (Å²) < 4.78 is 0. The predicted octanol–water partition coefficient (Wildman–Crippen LogP) is 1.25. The molecule has 1 saturated heterocycles. The van der Waals surface area contributed by atoms with Gasteiger partial charge in [-0.05, 0) is 19.3 Å². The molecule has 0 aromatic rings. The van der Waals surface area contributed by atoms with Gasteiger partial charge in [0.15, 0.2) is 0 Å². The summed E-state index contributed by atoms with van der Waals surface area (Å²) in [6.45, 7) is 8.75. The summed E-state index contributed by atoms with van der Waals surface area (Å²) in [5, 5.41) is 0. The maximum absolute atomic E-state index is 12.7. The van der Waals surface area contributed by atoms with Gasteiger partial charge in [0.2, 0.25) is 11.8 Å². The predicted molar refractivity (Wildman–Crippen MR) is 82.8 cm³/mol. The molecule has 118 valence electrons. The zero-order valence-electron chi connectivity index (χ0n) is 12.9. The van der Waals surface area contributed by atoms with Crippen LogP contribution in [0.3, 0.4) is 0 Å². The number of hydrogen-bond donors (Lipinski definition) is 1. The molecular formula is C14H28ClN3O2. The van der Waals surface area contributed by atoms with E-state index in [1.54, 1.807) is 6.92 Å². The van der Waals surface area contributed by atoms with E-state index in [1.807, 2.05) is 23.6 Å². The number of amides is 2. The van der Waals surface area contributed by atoms with Gasteiger partial charge in [0.1, 0.15) is 0 Å². The van der Waals surface area contributed by atoms with Crippen molar-refractivity contribution in [1.82, 2.24) is 9.80 Å². The van der Waals surface area contributed by atoms with Gasteiger partial charge in [0.05, 0.1) is 5.41 Å². The highest BCUT2D eigenvalue weighted by Gasteiger charge is 2.37. The molecule has 5 nitrogen and oxygen atoms in total. The lowest BCUT2D eigenvalue weighted by Gasteiger charge is -2.34. The Labute approximate surface area is 128 Å². The average Bonchev–Trinajstić information content (AvgIpc) is 2.67. The van der Waals surface area contributed by atoms with Crippen LogP contribution < -0.4 is 5.73 Å². The second-order valence-corrected chi connectivity index (χ2v) is 5.34. The maximum Gasteiger partial charge on any atom is 0.230 e. The van der Waals surface area contributed by atoms with Crippen molar-refractivity contribution in [2.75, 3.05) is 32.7 Å². The molecular weight excluding hydrogens is 278 g/mol. The SMILES string of the molecule is CCC(CC)(CN)C(=O)N1CCCN(C(C)=O)CC1.Cl. The quantitative estimate of drug-likeness (QED) is 0.850. The molecule has 0 unspecified atom stereocenters. The van der Waals surface area contributed by atoms with Gasteiger partial charge in [-0.3, -0.25) is 9.59 Å². The van der Waals surface area contributed by atoms with Crippen molar-refractivity contribution in [3.8, 4) is 0 Å². The van der Waals surface area contributed by atoms with Crippen molar-refractivity contribution in [2.24, 2.45) is 11.1 Å². The number of carbonyl (C=O) groups excluding carboxylic acids is 2. The lowest BCUT2D eigenvalue weighted by atomic mass is 9.81. The molecule has 1 fully saturated rings. The van der Waals surface area contributed by atoms with E-state index in [4.69, 9.17) is 5.73 Å². The van der Waals surface area contributed by atoms with Crippen LogP contribution in [-0.2, 0) is 9.59 Å². The minimum Gasteiger partial charge on any atom is -0.341 e. The first kappa shape index (κ1) is 19.2. The van der Waals surface area contributed by atoms with E-state index in [2.05, 4.69) is 0 Å². The highest BCUT2D eigenvalue weighted by molar-refractivity contribution is 5.85. The molecule has 0 atom stereocenters. The second-order valence-electron chi connectivity index (χ2n) is 5.34. The van der Waals surface area contributed by atoms with Gasteiger partial charge >= 0.3 is 0 Å². The number of nitrogens with two attached hydrogens (primary N) is 1. The Kier molecular flexibility index (Phi) is 8.13. The highest BCUT2D eigenvalue weighted by atomic mass is 35.5. The summed E-state index contributed by atoms with van der Waals surface area (Å²) >= 11 is 0. The van der Waals surface area contributed by atoms with Gasteiger partial charge < -0.3 is 15.5 Å². The van der Waals surface area contributed by atoms with Crippen molar-refractivity contribution in [3.05, 3.63) is 0 Å². The number of hydrogen-bond acceptors (Lipinski definition) is 3. The Morgan fingerprint density at radius 1 is 1.05 bits per heavy atom. The van der Waals surface area contributed by atoms with Gasteiger partial charge in [-0.25, -0.2) is 0 Å². The smallest absolute Gasteiger partial charge is 0.230 e. The van der Waals surface area contributed by atoms with Gasteiger partial charge in [-0.2, -0.15) is 0 Å². The van der Waals surface area contributed by atoms with Crippen LogP contribution in [0, 0.1) is 5.41 Å². The molecule has 2 amide bonds. The van der Waals surface area contributed by atoms with Crippen molar-refractivity contribution >= 4 is 24.2 Å². The molecule has 0 radical (unpaired) electrons. The third-order valence-electron chi connectivity index (χ3n) is 4.43. The lowest BCUT2D eigenvalue weighted by Crippen LogP contribution is -2.48. The molecule has 2 N–H and O–H groups in total. The van der Waals surface area contributed by atoms with Crippen LogP contribution in [0.5, 0.6) is 0 Å². The maximum atomic E-state index is 12.7. The van der Waals surface area contributed by atoms with E-state index in [9.17, 15) is 9.59 Å². The first-order valence-electron chi connectivity index (χ1n) is 7.25. The van der Waals surface area contributed by atoms with Crippen LogP contribution in [0.15, 0.2) is 0 Å². The van der Waals surface area contributed by atoms with Crippen LogP contribution in [0.4, 0.5) is 0 Å². The molecule has 0 aromatic heterocycles. The van der Waals surface area contributed by atoms with Crippen molar-refractivity contribution in [2.45, 2.75) is 40.0 Å². The lowest BCUT2D eigenvalue weighted by molar-refractivity contribution is -0.142. The Bertz CT molecular complexity index is 324. The zero-order valence-corrected chi connectivity index (χ0v) is 13.7. The van der Waals surface area contributed by atoms with Crippen LogP contribution in [0.25, 0.3) is 0 Å². The summed E-state index contributed by atoms with van der Waals surface area (Å²) in [5.74, 6) is 0.246. The average molecular weight is 306 g/mol. The monoisotopic (exact) mass is 305 g/mol. The van der Waals surface area contributed by atoms with Crippen LogP contribution in [-0.4, -0.2) is 54.3 Å². The van der Waals surface area contributed by atoms with Crippen LogP contribution in [0.2, 0.25) is 0 Å². The summed E-state index contributed by atoms with van der Waals surface area (Å²) in [5.41, 5.74) is 5.41. The standard InChI is InChI=1S/C14H27N3O2.ClH/c1-4-14(5-2,11-15)13(19)17-8-6-7-16(9-10-17)12(3)18;/h4-11,15H2,1-3H3;1H. The number of carbonyl (C=O) groups is 2. The van der Waals surface area contributed by atoms with Gasteiger partial charge in [-0.15, -0.1) is 12.4 Å². The fourth-order valence-corrected chi connectivity index (χ4v) is 2.70. The Balaban J connectivity index is 0.00000361. The van der Waals surface area contributed by atoms with E-state index in [-0.39, 0.29) is 24.2 Å². The molecule has 20 heavy (non-hydrogen) atoms. The number of halogens is 1. The fraction of sp³-hybridized carbons (Fsp3) is 0.857. The van der Waals surface area contributed by atoms with Crippen molar-refractivity contribution < 1.29 is 9.59 Å². The number of rotatable bonds is 4. The van der Waals surface area contributed by atoms with E-state index in [0.717, 1.165) is 32.4 Å². The van der Waals surface area contributed by atoms with Gasteiger partial charge in [0, 0.05) is 39.6 Å². The molecule has 0 aromatic carbocycles. The molecule has 0 saturated carbocycles. The largest absolute Gasteiger partial charge is 0.341 e. The molecule has 1 rings (SSSR count). The fourth-order valence-electron chi connectivity index (χ4n) is 2.70. The zero-order chi connectivity index (χ0) is 14.5. The topological polar surface area (TPSA) is 66.6 Å². The van der Waals surface area contributed by atoms with E-state index in [1.165, 1.54) is 0 Å². The molecule has 0 aliphatic carbocycles. The second kappa shape index (κ2) is 8.47. The summed E-state index contributed by atoms with van der Waals surface area (Å²) in [4.78, 5) is 27.8. The minimum atomic E-state index is -0.425. The first-order chi connectivity index (χ1) is 9.00. The Hall–Kier alpha value is -0.810. The van der Waals surface area contributed by atoms with E-state index in [0.29, 0.717) is 19.6 Å². The van der Waals surface area contributed by atoms with Crippen molar-refractivity contribution in [1.29, 1.82) is 0 Å². The molecule has 1 aliphatic heterocycles. The van der Waals surface area contributed by atoms with Gasteiger partial charge in [-0.1, -0.05) is 13.8 Å². The van der Waals surface area contributed by atoms with E-state index < -0.39 is 5.41 Å². The first-order valence-corrected chi connectivity index (χ1v) is 7.25. The highest BCUT2D eigenvalue weighted by Crippen LogP contribution is 2.28. The normalized spacial score (nSPS) is 16.4. The van der Waals surface area contributed by atoms with E-state index >= 15 is 0 Å².